The molecule has 1 amide bonds. The van der Waals surface area contributed by atoms with E-state index in [2.05, 4.69) is 25.5 Å². The fourth-order valence-corrected chi connectivity index (χ4v) is 1.89. The van der Waals surface area contributed by atoms with Crippen LogP contribution in [0.25, 0.3) is 17.7 Å². The minimum Gasteiger partial charge on any atom is -0.417 e. The second-order valence-electron chi connectivity index (χ2n) is 5.01. The molecule has 0 saturated carbocycles. The van der Waals surface area contributed by atoms with Gasteiger partial charge in [-0.1, -0.05) is 30.3 Å². The average molecular weight is 321 g/mol. The maximum atomic E-state index is 11.8. The molecule has 0 aliphatic rings. The summed E-state index contributed by atoms with van der Waals surface area (Å²) in [6.45, 7) is 1.98. The molecule has 0 fully saturated rings. The summed E-state index contributed by atoms with van der Waals surface area (Å²) in [6, 6.07) is 9.56. The first kappa shape index (κ1) is 15.5. The number of amides is 1. The van der Waals surface area contributed by atoms with Crippen LogP contribution >= 0.6 is 0 Å². The lowest BCUT2D eigenvalue weighted by atomic mass is 10.2. The van der Waals surface area contributed by atoms with Crippen LogP contribution in [-0.4, -0.2) is 26.1 Å². The molecule has 0 aliphatic heterocycles. The zero-order valence-corrected chi connectivity index (χ0v) is 13.0. The summed E-state index contributed by atoms with van der Waals surface area (Å²) in [5.41, 5.74) is 2.25. The minimum atomic E-state index is -0.242. The van der Waals surface area contributed by atoms with Crippen LogP contribution in [0, 0.1) is 6.92 Å². The predicted octanol–water partition coefficient (Wildman–Crippen LogP) is 2.16. The Morgan fingerprint density at radius 2 is 2.00 bits per heavy atom. The van der Waals surface area contributed by atoms with Crippen molar-refractivity contribution in [2.75, 3.05) is 0 Å². The van der Waals surface area contributed by atoms with Gasteiger partial charge in [-0.25, -0.2) is 4.98 Å². The molecular weight excluding hydrogens is 306 g/mol. The second kappa shape index (κ2) is 7.28. The van der Waals surface area contributed by atoms with Gasteiger partial charge in [-0.05, 0) is 18.6 Å². The SMILES string of the molecule is Cc1cnc(-c2nnc(CNC(=O)/C=C/c3ccccc3)o2)cn1. The Balaban J connectivity index is 1.56. The van der Waals surface area contributed by atoms with Crippen molar-refractivity contribution in [1.82, 2.24) is 25.5 Å². The summed E-state index contributed by atoms with van der Waals surface area (Å²) >= 11 is 0. The van der Waals surface area contributed by atoms with Gasteiger partial charge in [0.2, 0.25) is 11.8 Å². The quantitative estimate of drug-likeness (QED) is 0.724. The summed E-state index contributed by atoms with van der Waals surface area (Å²) < 4.78 is 5.46. The maximum absolute atomic E-state index is 11.8. The van der Waals surface area contributed by atoms with Gasteiger partial charge >= 0.3 is 0 Å². The van der Waals surface area contributed by atoms with Crippen molar-refractivity contribution >= 4 is 12.0 Å². The van der Waals surface area contributed by atoms with Crippen molar-refractivity contribution in [3.05, 3.63) is 65.9 Å². The van der Waals surface area contributed by atoms with E-state index in [1.807, 2.05) is 37.3 Å². The largest absolute Gasteiger partial charge is 0.417 e. The first-order chi connectivity index (χ1) is 11.7. The molecule has 24 heavy (non-hydrogen) atoms. The Kier molecular flexibility index (Phi) is 4.71. The highest BCUT2D eigenvalue weighted by atomic mass is 16.4. The number of carbonyl (C=O) groups is 1. The highest BCUT2D eigenvalue weighted by Gasteiger charge is 2.10. The first-order valence-corrected chi connectivity index (χ1v) is 7.33. The first-order valence-electron chi connectivity index (χ1n) is 7.33. The van der Waals surface area contributed by atoms with Crippen LogP contribution in [0.3, 0.4) is 0 Å². The third-order valence-electron chi connectivity index (χ3n) is 3.11. The van der Waals surface area contributed by atoms with Crippen LogP contribution in [0.2, 0.25) is 0 Å². The summed E-state index contributed by atoms with van der Waals surface area (Å²) in [4.78, 5) is 20.1. The van der Waals surface area contributed by atoms with E-state index in [0.717, 1.165) is 11.3 Å². The number of hydrogen-bond acceptors (Lipinski definition) is 6. The van der Waals surface area contributed by atoms with E-state index in [9.17, 15) is 4.79 Å². The summed E-state index contributed by atoms with van der Waals surface area (Å²) in [5, 5.41) is 10.5. The number of nitrogens with zero attached hydrogens (tertiary/aromatic N) is 4. The van der Waals surface area contributed by atoms with Crippen LogP contribution < -0.4 is 5.32 Å². The highest BCUT2D eigenvalue weighted by Crippen LogP contribution is 2.13. The van der Waals surface area contributed by atoms with E-state index in [-0.39, 0.29) is 18.3 Å². The van der Waals surface area contributed by atoms with Crippen molar-refractivity contribution in [3.63, 3.8) is 0 Å². The maximum Gasteiger partial charge on any atom is 0.267 e. The number of rotatable bonds is 5. The molecule has 1 aromatic carbocycles. The molecule has 0 spiro atoms. The van der Waals surface area contributed by atoms with E-state index in [0.29, 0.717) is 11.6 Å². The lowest BCUT2D eigenvalue weighted by molar-refractivity contribution is -0.116. The van der Waals surface area contributed by atoms with Gasteiger partial charge in [-0.2, -0.15) is 0 Å². The Morgan fingerprint density at radius 1 is 1.17 bits per heavy atom. The number of carbonyl (C=O) groups excluding carboxylic acids is 1. The van der Waals surface area contributed by atoms with Crippen LogP contribution in [0.4, 0.5) is 0 Å². The summed E-state index contributed by atoms with van der Waals surface area (Å²) in [5.74, 6) is 0.328. The molecule has 2 heterocycles. The standard InChI is InChI=1S/C17H15N5O2/c1-12-9-19-14(10-18-12)17-22-21-16(24-17)11-20-15(23)8-7-13-5-3-2-4-6-13/h2-10H,11H2,1H3,(H,20,23)/b8-7+. The molecule has 1 N–H and O–H groups in total. The van der Waals surface area contributed by atoms with Crippen molar-refractivity contribution in [1.29, 1.82) is 0 Å². The molecule has 0 atom stereocenters. The molecule has 0 radical (unpaired) electrons. The third kappa shape index (κ3) is 4.10. The number of benzene rings is 1. The van der Waals surface area contributed by atoms with Crippen molar-refractivity contribution in [2.45, 2.75) is 13.5 Å². The van der Waals surface area contributed by atoms with E-state index < -0.39 is 0 Å². The smallest absolute Gasteiger partial charge is 0.267 e. The summed E-state index contributed by atoms with van der Waals surface area (Å²) in [6.07, 6.45) is 6.37. The Hall–Kier alpha value is -3.35. The van der Waals surface area contributed by atoms with Crippen LogP contribution in [0.15, 0.2) is 53.2 Å². The Morgan fingerprint density at radius 3 is 2.75 bits per heavy atom. The highest BCUT2D eigenvalue weighted by molar-refractivity contribution is 5.91. The van der Waals surface area contributed by atoms with Gasteiger partial charge in [-0.3, -0.25) is 9.78 Å². The van der Waals surface area contributed by atoms with Gasteiger partial charge in [0, 0.05) is 12.3 Å². The zero-order chi connectivity index (χ0) is 16.8. The monoisotopic (exact) mass is 321 g/mol. The predicted molar refractivity (Wildman–Crippen MR) is 87.4 cm³/mol. The molecule has 2 aromatic heterocycles. The number of aromatic nitrogens is 4. The molecular formula is C17H15N5O2. The normalized spacial score (nSPS) is 10.9. The molecule has 0 aliphatic carbocycles. The van der Waals surface area contributed by atoms with Gasteiger partial charge in [0.05, 0.1) is 18.4 Å². The van der Waals surface area contributed by atoms with E-state index in [4.69, 9.17) is 4.42 Å². The molecule has 0 saturated heterocycles. The van der Waals surface area contributed by atoms with Gasteiger partial charge < -0.3 is 9.73 Å². The lowest BCUT2D eigenvalue weighted by Gasteiger charge is -1.97. The molecule has 120 valence electrons. The molecule has 7 heteroatoms. The van der Waals surface area contributed by atoms with Crippen molar-refractivity contribution < 1.29 is 9.21 Å². The topological polar surface area (TPSA) is 93.8 Å². The Labute approximate surface area is 138 Å². The van der Waals surface area contributed by atoms with E-state index >= 15 is 0 Å². The molecule has 3 rings (SSSR count). The fourth-order valence-electron chi connectivity index (χ4n) is 1.89. The number of aryl methyl sites for hydroxylation is 1. The minimum absolute atomic E-state index is 0.143. The molecule has 0 bridgehead atoms. The van der Waals surface area contributed by atoms with E-state index in [1.54, 1.807) is 18.5 Å². The van der Waals surface area contributed by atoms with Crippen LogP contribution in [0.1, 0.15) is 17.1 Å². The number of nitrogens with one attached hydrogen (secondary N) is 1. The molecule has 3 aromatic rings. The molecule has 7 nitrogen and oxygen atoms in total. The number of hydrogen-bond donors (Lipinski definition) is 1. The lowest BCUT2D eigenvalue weighted by Crippen LogP contribution is -2.20. The van der Waals surface area contributed by atoms with Gasteiger partial charge in [0.15, 0.2) is 0 Å². The van der Waals surface area contributed by atoms with Gasteiger partial charge in [-0.15, -0.1) is 10.2 Å². The van der Waals surface area contributed by atoms with Crippen LogP contribution in [-0.2, 0) is 11.3 Å². The van der Waals surface area contributed by atoms with Crippen molar-refractivity contribution in [2.24, 2.45) is 0 Å². The third-order valence-corrected chi connectivity index (χ3v) is 3.11. The van der Waals surface area contributed by atoms with E-state index in [1.165, 1.54) is 6.08 Å². The van der Waals surface area contributed by atoms with Gasteiger partial charge in [0.25, 0.3) is 5.89 Å². The Bertz CT molecular complexity index is 841. The zero-order valence-electron chi connectivity index (χ0n) is 13.0. The molecule has 0 unspecified atom stereocenters. The van der Waals surface area contributed by atoms with Crippen LogP contribution in [0.5, 0.6) is 0 Å². The fraction of sp³-hybridized carbons (Fsp3) is 0.118. The second-order valence-corrected chi connectivity index (χ2v) is 5.01. The summed E-state index contributed by atoms with van der Waals surface area (Å²) in [7, 11) is 0. The average Bonchev–Trinajstić information content (AvgIpc) is 3.09. The van der Waals surface area contributed by atoms with Crippen molar-refractivity contribution in [3.8, 4) is 11.6 Å². The van der Waals surface area contributed by atoms with Gasteiger partial charge in [0.1, 0.15) is 5.69 Å².